The van der Waals surface area contributed by atoms with Gasteiger partial charge < -0.3 is 14.4 Å². The van der Waals surface area contributed by atoms with Crippen LogP contribution in [0.2, 0.25) is 0 Å². The van der Waals surface area contributed by atoms with E-state index in [4.69, 9.17) is 9.47 Å². The predicted octanol–water partition coefficient (Wildman–Crippen LogP) is 5.64. The molecule has 0 atom stereocenters. The molecular weight excluding hydrogens is 390 g/mol. The van der Waals surface area contributed by atoms with Crippen molar-refractivity contribution in [3.8, 4) is 11.5 Å². The number of nitrogens with zero attached hydrogens (tertiary/aromatic N) is 1. The highest BCUT2D eigenvalue weighted by atomic mass is 16.5. The third kappa shape index (κ3) is 7.28. The Balaban J connectivity index is 2.23. The molecule has 2 rings (SSSR count). The zero-order chi connectivity index (χ0) is 22.6. The fourth-order valence-corrected chi connectivity index (χ4v) is 2.88. The maximum absolute atomic E-state index is 12.7. The first kappa shape index (κ1) is 24.2. The molecule has 0 saturated heterocycles. The van der Waals surface area contributed by atoms with Gasteiger partial charge in [0.25, 0.3) is 5.91 Å². The minimum absolute atomic E-state index is 0.0958. The summed E-state index contributed by atoms with van der Waals surface area (Å²) in [6.45, 7) is 5.46. The molecule has 1 amide bonds. The number of carbonyl (C=O) groups is 2. The first-order valence-corrected chi connectivity index (χ1v) is 10.9. The van der Waals surface area contributed by atoms with Crippen LogP contribution in [-0.4, -0.2) is 43.9 Å². The molecular formula is C26H33NO4. The predicted molar refractivity (Wildman–Crippen MR) is 125 cm³/mol. The summed E-state index contributed by atoms with van der Waals surface area (Å²) in [5.74, 6) is 1.17. The summed E-state index contributed by atoms with van der Waals surface area (Å²) >= 11 is 0. The highest BCUT2D eigenvalue weighted by Crippen LogP contribution is 2.30. The minimum Gasteiger partial charge on any atom is -0.493 e. The number of hydrogen-bond donors (Lipinski definition) is 0. The van der Waals surface area contributed by atoms with Crippen LogP contribution in [0, 0.1) is 0 Å². The lowest BCUT2D eigenvalue weighted by molar-refractivity contribution is 0.0827. The van der Waals surface area contributed by atoms with Crippen molar-refractivity contribution >= 4 is 17.8 Å². The Labute approximate surface area is 185 Å². The molecule has 166 valence electrons. The largest absolute Gasteiger partial charge is 0.493 e. The van der Waals surface area contributed by atoms with Crippen LogP contribution in [0.25, 0.3) is 6.08 Å². The zero-order valence-corrected chi connectivity index (χ0v) is 19.0. The van der Waals surface area contributed by atoms with Crippen LogP contribution in [0.3, 0.4) is 0 Å². The lowest BCUT2D eigenvalue weighted by Gasteiger charge is -2.14. The summed E-state index contributed by atoms with van der Waals surface area (Å²) in [6.07, 6.45) is 7.29. The molecule has 0 saturated carbocycles. The number of ether oxygens (including phenoxy) is 2. The Bertz CT molecular complexity index is 857. The van der Waals surface area contributed by atoms with Crippen molar-refractivity contribution in [3.05, 3.63) is 65.2 Å². The van der Waals surface area contributed by atoms with Crippen molar-refractivity contribution < 1.29 is 19.1 Å². The molecule has 31 heavy (non-hydrogen) atoms. The topological polar surface area (TPSA) is 55.8 Å². The third-order valence-electron chi connectivity index (χ3n) is 4.76. The van der Waals surface area contributed by atoms with Gasteiger partial charge in [0.15, 0.2) is 5.78 Å². The Morgan fingerprint density at radius 1 is 0.839 bits per heavy atom. The fourth-order valence-electron chi connectivity index (χ4n) is 2.88. The summed E-state index contributed by atoms with van der Waals surface area (Å²) in [6, 6.07) is 12.4. The van der Waals surface area contributed by atoms with E-state index in [0.29, 0.717) is 35.8 Å². The van der Waals surface area contributed by atoms with Gasteiger partial charge in [-0.3, -0.25) is 9.59 Å². The van der Waals surface area contributed by atoms with Gasteiger partial charge in [0, 0.05) is 25.2 Å². The molecule has 0 aromatic heterocycles. The van der Waals surface area contributed by atoms with Gasteiger partial charge in [0.05, 0.1) is 18.8 Å². The molecule has 0 spiro atoms. The number of hydrogen-bond acceptors (Lipinski definition) is 4. The number of unbranched alkanes of at least 4 members (excludes halogenated alkanes) is 2. The maximum Gasteiger partial charge on any atom is 0.253 e. The van der Waals surface area contributed by atoms with Gasteiger partial charge in [0.1, 0.15) is 11.5 Å². The van der Waals surface area contributed by atoms with Crippen LogP contribution in [0.5, 0.6) is 11.5 Å². The van der Waals surface area contributed by atoms with E-state index in [1.54, 1.807) is 44.4 Å². The molecule has 0 radical (unpaired) electrons. The first-order chi connectivity index (χ1) is 15.0. The monoisotopic (exact) mass is 423 g/mol. The number of carbonyl (C=O) groups excluding carboxylic acids is 2. The van der Waals surface area contributed by atoms with E-state index in [0.717, 1.165) is 31.2 Å². The molecule has 0 heterocycles. The lowest BCUT2D eigenvalue weighted by atomic mass is 10.1. The molecule has 0 fully saturated rings. The average Bonchev–Trinajstić information content (AvgIpc) is 2.78. The van der Waals surface area contributed by atoms with E-state index in [9.17, 15) is 9.59 Å². The molecule has 0 bridgehead atoms. The van der Waals surface area contributed by atoms with Gasteiger partial charge in [-0.2, -0.15) is 0 Å². The zero-order valence-electron chi connectivity index (χ0n) is 19.0. The maximum atomic E-state index is 12.7. The van der Waals surface area contributed by atoms with Crippen LogP contribution < -0.4 is 9.47 Å². The average molecular weight is 424 g/mol. The fraction of sp³-hybridized carbons (Fsp3) is 0.385. The minimum atomic E-state index is -0.147. The molecule has 5 heteroatoms. The summed E-state index contributed by atoms with van der Waals surface area (Å²) in [5.41, 5.74) is 1.83. The first-order valence-electron chi connectivity index (χ1n) is 10.9. The summed E-state index contributed by atoms with van der Waals surface area (Å²) in [5, 5.41) is 0. The van der Waals surface area contributed by atoms with E-state index < -0.39 is 0 Å². The van der Waals surface area contributed by atoms with Crippen molar-refractivity contribution in [1.82, 2.24) is 4.90 Å². The highest BCUT2D eigenvalue weighted by molar-refractivity contribution is 6.07. The Hall–Kier alpha value is -3.08. The van der Waals surface area contributed by atoms with Crippen molar-refractivity contribution in [3.63, 3.8) is 0 Å². The normalized spacial score (nSPS) is 10.8. The SMILES string of the molecule is CCCCOc1cccc(OCCCC)c1/C=C/C(=O)c1ccc(C(=O)N(C)C)cc1. The smallest absolute Gasteiger partial charge is 0.253 e. The second kappa shape index (κ2) is 12.6. The molecule has 2 aromatic carbocycles. The van der Waals surface area contributed by atoms with Gasteiger partial charge in [-0.15, -0.1) is 0 Å². The summed E-state index contributed by atoms with van der Waals surface area (Å²) in [4.78, 5) is 26.2. The molecule has 5 nitrogen and oxygen atoms in total. The second-order valence-electron chi connectivity index (χ2n) is 7.55. The second-order valence-corrected chi connectivity index (χ2v) is 7.55. The van der Waals surface area contributed by atoms with Crippen molar-refractivity contribution in [2.45, 2.75) is 39.5 Å². The van der Waals surface area contributed by atoms with E-state index in [1.165, 1.54) is 11.0 Å². The van der Waals surface area contributed by atoms with Gasteiger partial charge in [-0.1, -0.05) is 44.9 Å². The Morgan fingerprint density at radius 3 is 1.84 bits per heavy atom. The van der Waals surface area contributed by atoms with E-state index in [2.05, 4.69) is 13.8 Å². The van der Waals surface area contributed by atoms with Crippen LogP contribution in [0.1, 0.15) is 65.8 Å². The molecule has 0 N–H and O–H groups in total. The number of allylic oxidation sites excluding steroid dienone is 1. The molecule has 0 aliphatic rings. The van der Waals surface area contributed by atoms with Crippen molar-refractivity contribution in [2.75, 3.05) is 27.3 Å². The quantitative estimate of drug-likeness (QED) is 0.252. The molecule has 0 unspecified atom stereocenters. The van der Waals surface area contributed by atoms with Crippen LogP contribution in [0.4, 0.5) is 0 Å². The Kier molecular flexibility index (Phi) is 9.82. The van der Waals surface area contributed by atoms with Crippen LogP contribution in [0.15, 0.2) is 48.5 Å². The summed E-state index contributed by atoms with van der Waals surface area (Å²) in [7, 11) is 3.40. The van der Waals surface area contributed by atoms with Gasteiger partial charge in [-0.25, -0.2) is 0 Å². The number of rotatable bonds is 12. The van der Waals surface area contributed by atoms with Crippen molar-refractivity contribution in [2.24, 2.45) is 0 Å². The molecule has 0 aliphatic heterocycles. The number of benzene rings is 2. The van der Waals surface area contributed by atoms with Gasteiger partial charge in [-0.05, 0) is 49.3 Å². The molecule has 0 aliphatic carbocycles. The molecule has 2 aromatic rings. The lowest BCUT2D eigenvalue weighted by Crippen LogP contribution is -2.21. The van der Waals surface area contributed by atoms with Crippen LogP contribution >= 0.6 is 0 Å². The van der Waals surface area contributed by atoms with Gasteiger partial charge >= 0.3 is 0 Å². The van der Waals surface area contributed by atoms with Crippen molar-refractivity contribution in [1.29, 1.82) is 0 Å². The third-order valence-corrected chi connectivity index (χ3v) is 4.76. The van der Waals surface area contributed by atoms with Crippen LogP contribution in [-0.2, 0) is 0 Å². The van der Waals surface area contributed by atoms with E-state index in [-0.39, 0.29) is 11.7 Å². The Morgan fingerprint density at radius 2 is 1.35 bits per heavy atom. The van der Waals surface area contributed by atoms with Gasteiger partial charge in [0.2, 0.25) is 0 Å². The number of ketones is 1. The standard InChI is InChI=1S/C26H33NO4/c1-5-7-18-30-24-10-9-11-25(31-19-8-6-2)22(24)16-17-23(28)20-12-14-21(15-13-20)26(29)27(3)4/h9-17H,5-8,18-19H2,1-4H3/b17-16+. The van der Waals surface area contributed by atoms with E-state index in [1.807, 2.05) is 18.2 Å². The van der Waals surface area contributed by atoms with E-state index >= 15 is 0 Å². The highest BCUT2D eigenvalue weighted by Gasteiger charge is 2.11. The summed E-state index contributed by atoms with van der Waals surface area (Å²) < 4.78 is 11.9. The number of amides is 1.